The number of rotatable bonds is 8. The third kappa shape index (κ3) is 5.95. The second kappa shape index (κ2) is 11.6. The number of hydrogen-bond acceptors (Lipinski definition) is 7. The molecule has 2 aromatic carbocycles. The lowest BCUT2D eigenvalue weighted by Gasteiger charge is -2.28. The van der Waals surface area contributed by atoms with Gasteiger partial charge in [0.25, 0.3) is 5.91 Å². The standard InChI is InChI=1S/C27H27N5O7/c1-16(34)31-13-20(30-26(38)25-19-7-3-2-6-17(19)10-11-28-25)27(39)32(22-9-5-4-8-21(22)31)14-23(35)29-18(15-33)12-24(36)37/h2-11,15,18,20,25,28H,12-14H2,1H3,(H,29,35)(H,30,38)(H,36,37)/t18-,20-,25?/m0/s1. The van der Waals surface area contributed by atoms with E-state index in [9.17, 15) is 28.8 Å². The number of para-hydroxylation sites is 2. The first kappa shape index (κ1) is 27.0. The Bertz CT molecular complexity index is 1360. The van der Waals surface area contributed by atoms with Crippen LogP contribution in [0.15, 0.2) is 54.7 Å². The van der Waals surface area contributed by atoms with E-state index in [0.717, 1.165) is 10.5 Å². The fraction of sp³-hybridized carbons (Fsp3) is 0.259. The number of carbonyl (C=O) groups excluding carboxylic acids is 5. The van der Waals surface area contributed by atoms with Gasteiger partial charge in [-0.05, 0) is 35.5 Å². The van der Waals surface area contributed by atoms with Gasteiger partial charge in [0, 0.05) is 6.92 Å². The fourth-order valence-electron chi connectivity index (χ4n) is 4.59. The van der Waals surface area contributed by atoms with Crippen molar-refractivity contribution in [3.8, 4) is 0 Å². The molecule has 12 nitrogen and oxygen atoms in total. The van der Waals surface area contributed by atoms with Gasteiger partial charge >= 0.3 is 5.97 Å². The van der Waals surface area contributed by atoms with Crippen LogP contribution in [0.3, 0.4) is 0 Å². The van der Waals surface area contributed by atoms with Crippen LogP contribution in [-0.2, 0) is 28.8 Å². The van der Waals surface area contributed by atoms with Gasteiger partial charge in [-0.25, -0.2) is 0 Å². The monoisotopic (exact) mass is 533 g/mol. The lowest BCUT2D eigenvalue weighted by atomic mass is 9.97. The van der Waals surface area contributed by atoms with E-state index in [0.29, 0.717) is 17.5 Å². The molecular weight excluding hydrogens is 506 g/mol. The highest BCUT2D eigenvalue weighted by molar-refractivity contribution is 6.10. The van der Waals surface area contributed by atoms with E-state index in [-0.39, 0.29) is 18.1 Å². The predicted molar refractivity (Wildman–Crippen MR) is 140 cm³/mol. The first-order valence-electron chi connectivity index (χ1n) is 12.2. The highest BCUT2D eigenvalue weighted by Gasteiger charge is 2.38. The average molecular weight is 534 g/mol. The molecule has 12 heteroatoms. The number of hydrogen-bond donors (Lipinski definition) is 4. The minimum absolute atomic E-state index is 0.185. The van der Waals surface area contributed by atoms with Crippen molar-refractivity contribution in [1.82, 2.24) is 16.0 Å². The first-order chi connectivity index (χ1) is 18.7. The summed E-state index contributed by atoms with van der Waals surface area (Å²) in [6, 6.07) is 10.4. The molecule has 0 aromatic heterocycles. The van der Waals surface area contributed by atoms with Gasteiger partial charge in [-0.3, -0.25) is 28.9 Å². The Labute approximate surface area is 223 Å². The minimum Gasteiger partial charge on any atom is -0.481 e. The van der Waals surface area contributed by atoms with Crippen LogP contribution in [0, 0.1) is 0 Å². The van der Waals surface area contributed by atoms with E-state index >= 15 is 0 Å². The number of aliphatic carboxylic acids is 1. The number of nitrogens with one attached hydrogen (secondary N) is 3. The van der Waals surface area contributed by atoms with Gasteiger partial charge in [-0.1, -0.05) is 36.4 Å². The summed E-state index contributed by atoms with van der Waals surface area (Å²) in [7, 11) is 0. The number of carbonyl (C=O) groups is 6. The van der Waals surface area contributed by atoms with Crippen LogP contribution in [0.1, 0.15) is 30.5 Å². The van der Waals surface area contributed by atoms with Crippen LogP contribution in [0.5, 0.6) is 0 Å². The number of fused-ring (bicyclic) bond motifs is 2. The molecule has 3 atom stereocenters. The molecule has 1 unspecified atom stereocenters. The Morgan fingerprint density at radius 1 is 1.10 bits per heavy atom. The molecule has 2 heterocycles. The van der Waals surface area contributed by atoms with Gasteiger partial charge in [-0.2, -0.15) is 0 Å². The van der Waals surface area contributed by atoms with Crippen molar-refractivity contribution in [2.75, 3.05) is 22.9 Å². The lowest BCUT2D eigenvalue weighted by molar-refractivity contribution is -0.139. The van der Waals surface area contributed by atoms with Gasteiger partial charge < -0.3 is 30.8 Å². The highest BCUT2D eigenvalue weighted by Crippen LogP contribution is 2.33. The number of nitrogens with zero attached hydrogens (tertiary/aromatic N) is 2. The summed E-state index contributed by atoms with van der Waals surface area (Å²) in [6.45, 7) is 0.563. The van der Waals surface area contributed by atoms with Crippen LogP contribution in [0.4, 0.5) is 11.4 Å². The van der Waals surface area contributed by atoms with Crippen molar-refractivity contribution in [3.05, 3.63) is 65.9 Å². The van der Waals surface area contributed by atoms with E-state index in [1.807, 2.05) is 18.2 Å². The fourth-order valence-corrected chi connectivity index (χ4v) is 4.59. The molecule has 2 aliphatic rings. The Morgan fingerprint density at radius 2 is 1.79 bits per heavy atom. The molecule has 2 aliphatic heterocycles. The van der Waals surface area contributed by atoms with Crippen LogP contribution in [0.2, 0.25) is 0 Å². The maximum atomic E-state index is 13.8. The molecule has 4 rings (SSSR count). The summed E-state index contributed by atoms with van der Waals surface area (Å²) in [5.41, 5.74) is 2.14. The molecule has 0 saturated carbocycles. The molecule has 0 bridgehead atoms. The van der Waals surface area contributed by atoms with Crippen LogP contribution in [0.25, 0.3) is 6.08 Å². The van der Waals surface area contributed by atoms with Crippen molar-refractivity contribution in [2.24, 2.45) is 0 Å². The number of aldehydes is 1. The predicted octanol–water partition coefficient (Wildman–Crippen LogP) is 0.345. The summed E-state index contributed by atoms with van der Waals surface area (Å²) >= 11 is 0. The number of anilines is 2. The van der Waals surface area contributed by atoms with Crippen molar-refractivity contribution in [2.45, 2.75) is 31.5 Å². The summed E-state index contributed by atoms with van der Waals surface area (Å²) in [5.74, 6) is -3.61. The van der Waals surface area contributed by atoms with E-state index in [1.165, 1.54) is 11.8 Å². The topological polar surface area (TPSA) is 165 Å². The quantitative estimate of drug-likeness (QED) is 0.353. The Kier molecular flexibility index (Phi) is 8.04. The van der Waals surface area contributed by atoms with Crippen LogP contribution < -0.4 is 25.8 Å². The number of benzene rings is 2. The van der Waals surface area contributed by atoms with Gasteiger partial charge in [0.2, 0.25) is 17.7 Å². The maximum Gasteiger partial charge on any atom is 0.305 e. The van der Waals surface area contributed by atoms with Crippen LogP contribution in [-0.4, -0.2) is 66.2 Å². The zero-order chi connectivity index (χ0) is 28.1. The Morgan fingerprint density at radius 3 is 2.49 bits per heavy atom. The zero-order valence-corrected chi connectivity index (χ0v) is 21.0. The largest absolute Gasteiger partial charge is 0.481 e. The molecule has 0 fully saturated rings. The summed E-state index contributed by atoms with van der Waals surface area (Å²) < 4.78 is 0. The van der Waals surface area contributed by atoms with E-state index in [1.54, 1.807) is 42.6 Å². The van der Waals surface area contributed by atoms with E-state index in [2.05, 4.69) is 16.0 Å². The molecule has 4 amide bonds. The van der Waals surface area contributed by atoms with Gasteiger partial charge in [0.1, 0.15) is 24.9 Å². The molecule has 39 heavy (non-hydrogen) atoms. The van der Waals surface area contributed by atoms with Gasteiger partial charge in [-0.15, -0.1) is 0 Å². The van der Waals surface area contributed by atoms with Crippen molar-refractivity contribution in [3.63, 3.8) is 0 Å². The maximum absolute atomic E-state index is 13.8. The van der Waals surface area contributed by atoms with E-state index in [4.69, 9.17) is 5.11 Å². The minimum atomic E-state index is -1.29. The molecule has 2 aromatic rings. The number of carboxylic acids is 1. The highest BCUT2D eigenvalue weighted by atomic mass is 16.4. The zero-order valence-electron chi connectivity index (χ0n) is 21.0. The van der Waals surface area contributed by atoms with Crippen LogP contribution >= 0.6 is 0 Å². The van der Waals surface area contributed by atoms with Gasteiger partial charge in [0.05, 0.1) is 30.4 Å². The number of amides is 4. The van der Waals surface area contributed by atoms with Crippen molar-refractivity contribution < 1.29 is 33.9 Å². The lowest BCUT2D eigenvalue weighted by Crippen LogP contribution is -2.56. The van der Waals surface area contributed by atoms with Gasteiger partial charge in [0.15, 0.2) is 0 Å². The second-order valence-electron chi connectivity index (χ2n) is 9.07. The normalized spacial score (nSPS) is 18.5. The van der Waals surface area contributed by atoms with E-state index < -0.39 is 54.8 Å². The summed E-state index contributed by atoms with van der Waals surface area (Å²) in [6.07, 6.45) is 3.13. The molecule has 4 N–H and O–H groups in total. The third-order valence-corrected chi connectivity index (χ3v) is 6.39. The Balaban J connectivity index is 1.63. The van der Waals surface area contributed by atoms with Crippen molar-refractivity contribution in [1.29, 1.82) is 0 Å². The molecule has 0 saturated heterocycles. The number of carboxylic acid groups (broad SMARTS) is 1. The molecule has 202 valence electrons. The van der Waals surface area contributed by atoms with Crippen molar-refractivity contribution >= 4 is 53.3 Å². The SMILES string of the molecule is CC(=O)N1C[C@H](NC(=O)C2NC=Cc3ccccc32)C(=O)N(CC(=O)N[C@H](C=O)CC(=O)O)c2ccccc21. The summed E-state index contributed by atoms with van der Waals surface area (Å²) in [4.78, 5) is 77.3. The third-order valence-electron chi connectivity index (χ3n) is 6.39. The Hall–Kier alpha value is -5.00. The molecule has 0 spiro atoms. The second-order valence-corrected chi connectivity index (χ2v) is 9.07. The molecular formula is C27H27N5O7. The summed E-state index contributed by atoms with van der Waals surface area (Å²) in [5, 5.41) is 17.0. The molecule has 0 radical (unpaired) electrons. The average Bonchev–Trinajstić information content (AvgIpc) is 3.02. The molecule has 0 aliphatic carbocycles. The first-order valence-corrected chi connectivity index (χ1v) is 12.2. The smallest absolute Gasteiger partial charge is 0.305 e.